The number of hydrogen-bond acceptors (Lipinski definition) is 6. The third kappa shape index (κ3) is 7.19. The van der Waals surface area contributed by atoms with E-state index in [0.717, 1.165) is 0 Å². The first-order chi connectivity index (χ1) is 19.9. The number of aliphatic hydroxyl groups excluding tert-OH is 1. The van der Waals surface area contributed by atoms with E-state index in [1.807, 2.05) is 6.92 Å². The summed E-state index contributed by atoms with van der Waals surface area (Å²) >= 11 is 5.92. The maximum Gasteiger partial charge on any atom is 0.323 e. The fraction of sp³-hybridized carbons (Fsp3) is 0.310. The Morgan fingerprint density at radius 1 is 1.12 bits per heavy atom. The Labute approximate surface area is 249 Å². The van der Waals surface area contributed by atoms with Gasteiger partial charge >= 0.3 is 6.03 Å². The third-order valence-electron chi connectivity index (χ3n) is 6.98. The SMILES string of the molecule is C[C@H](CO)N1C[C@H](C)[C@@H](CN(C)S(=O)(=O)c2ccc(Cl)cc2)Oc2ccc(NC(=O)Nc3ccc(F)cc3)cc2C1=O. The van der Waals surface area contributed by atoms with Gasteiger partial charge in [-0.15, -0.1) is 0 Å². The second-order valence-corrected chi connectivity index (χ2v) is 12.6. The van der Waals surface area contributed by atoms with Crippen LogP contribution in [-0.2, 0) is 10.0 Å². The van der Waals surface area contributed by atoms with Crippen molar-refractivity contribution in [1.82, 2.24) is 9.21 Å². The molecule has 4 rings (SSSR count). The van der Waals surface area contributed by atoms with Gasteiger partial charge < -0.3 is 25.4 Å². The Balaban J connectivity index is 1.61. The number of hydrogen-bond donors (Lipinski definition) is 3. The lowest BCUT2D eigenvalue weighted by Gasteiger charge is -2.38. The summed E-state index contributed by atoms with van der Waals surface area (Å²) in [6.07, 6.45) is -0.669. The molecular formula is C29H32ClFN4O6S. The summed E-state index contributed by atoms with van der Waals surface area (Å²) in [4.78, 5) is 27.8. The van der Waals surface area contributed by atoms with E-state index in [2.05, 4.69) is 10.6 Å². The largest absolute Gasteiger partial charge is 0.488 e. The number of anilines is 2. The van der Waals surface area contributed by atoms with Crippen LogP contribution >= 0.6 is 11.6 Å². The lowest BCUT2D eigenvalue weighted by molar-refractivity contribution is 0.0387. The summed E-state index contributed by atoms with van der Waals surface area (Å²) < 4.78 is 47.2. The van der Waals surface area contributed by atoms with E-state index < -0.39 is 39.9 Å². The molecule has 224 valence electrons. The number of carbonyl (C=O) groups is 2. The Hall–Kier alpha value is -3.71. The second kappa shape index (κ2) is 13.1. The number of nitrogens with one attached hydrogen (secondary N) is 2. The number of ether oxygens (including phenoxy) is 1. The predicted molar refractivity (Wildman–Crippen MR) is 158 cm³/mol. The number of halogens is 2. The molecule has 3 aromatic carbocycles. The van der Waals surface area contributed by atoms with E-state index in [-0.39, 0.29) is 47.5 Å². The van der Waals surface area contributed by atoms with E-state index in [0.29, 0.717) is 10.7 Å². The van der Waals surface area contributed by atoms with Crippen molar-refractivity contribution in [3.8, 4) is 5.75 Å². The van der Waals surface area contributed by atoms with Crippen molar-refractivity contribution < 1.29 is 32.2 Å². The van der Waals surface area contributed by atoms with Gasteiger partial charge in [0, 0.05) is 35.9 Å². The predicted octanol–water partition coefficient (Wildman–Crippen LogP) is 4.66. The highest BCUT2D eigenvalue weighted by molar-refractivity contribution is 7.89. The van der Waals surface area contributed by atoms with Crippen LogP contribution in [0.15, 0.2) is 71.6 Å². The van der Waals surface area contributed by atoms with Gasteiger partial charge in [-0.25, -0.2) is 17.6 Å². The third-order valence-corrected chi connectivity index (χ3v) is 9.07. The van der Waals surface area contributed by atoms with E-state index in [9.17, 15) is 27.5 Å². The zero-order valence-corrected chi connectivity index (χ0v) is 24.8. The van der Waals surface area contributed by atoms with Gasteiger partial charge in [-0.2, -0.15) is 4.31 Å². The number of benzene rings is 3. The smallest absolute Gasteiger partial charge is 0.323 e. The number of urea groups is 1. The van der Waals surface area contributed by atoms with Crippen molar-refractivity contribution in [3.63, 3.8) is 0 Å². The maximum absolute atomic E-state index is 13.7. The van der Waals surface area contributed by atoms with E-state index >= 15 is 0 Å². The molecule has 42 heavy (non-hydrogen) atoms. The molecule has 0 bridgehead atoms. The maximum atomic E-state index is 13.7. The standard InChI is InChI=1S/C29H32ClFN4O6S/c1-18-15-35(19(2)17-36)28(37)25-14-23(33-29(38)32-22-8-6-21(31)7-9-22)10-13-26(25)41-27(18)16-34(3)42(39,40)24-11-4-20(30)5-12-24/h4-14,18-19,27,36H,15-17H2,1-3H3,(H2,32,33,38)/t18-,19+,27+/m0/s1. The van der Waals surface area contributed by atoms with Gasteiger partial charge in [-0.3, -0.25) is 4.79 Å². The Bertz CT molecular complexity index is 1540. The fourth-order valence-corrected chi connectivity index (χ4v) is 5.79. The molecule has 3 amide bonds. The zero-order chi connectivity index (χ0) is 30.6. The van der Waals surface area contributed by atoms with Crippen molar-refractivity contribution in [3.05, 3.63) is 83.1 Å². The summed E-state index contributed by atoms with van der Waals surface area (Å²) in [5.74, 6) is -0.975. The van der Waals surface area contributed by atoms with E-state index in [4.69, 9.17) is 16.3 Å². The Morgan fingerprint density at radius 3 is 2.38 bits per heavy atom. The first-order valence-corrected chi connectivity index (χ1v) is 15.0. The van der Waals surface area contributed by atoms with Crippen molar-refractivity contribution >= 4 is 44.9 Å². The number of sulfonamides is 1. The first-order valence-electron chi connectivity index (χ1n) is 13.2. The molecule has 0 spiro atoms. The normalized spacial score (nSPS) is 18.0. The van der Waals surface area contributed by atoms with Crippen LogP contribution in [0.1, 0.15) is 24.2 Å². The van der Waals surface area contributed by atoms with Crippen molar-refractivity contribution in [1.29, 1.82) is 0 Å². The Kier molecular flexibility index (Phi) is 9.72. The Morgan fingerprint density at radius 2 is 1.74 bits per heavy atom. The minimum Gasteiger partial charge on any atom is -0.488 e. The zero-order valence-electron chi connectivity index (χ0n) is 23.3. The lowest BCUT2D eigenvalue weighted by Crippen LogP contribution is -2.50. The van der Waals surface area contributed by atoms with Crippen LogP contribution in [0.2, 0.25) is 5.02 Å². The van der Waals surface area contributed by atoms with Crippen molar-refractivity contribution in [2.24, 2.45) is 5.92 Å². The molecule has 0 aliphatic carbocycles. The average molecular weight is 619 g/mol. The molecule has 10 nitrogen and oxygen atoms in total. The molecule has 0 saturated heterocycles. The quantitative estimate of drug-likeness (QED) is 0.337. The van der Waals surface area contributed by atoms with Crippen LogP contribution in [0.3, 0.4) is 0 Å². The molecule has 1 heterocycles. The monoisotopic (exact) mass is 618 g/mol. The molecule has 0 radical (unpaired) electrons. The number of carbonyl (C=O) groups excluding carboxylic acids is 2. The molecular weight excluding hydrogens is 587 g/mol. The molecule has 0 fully saturated rings. The molecule has 0 saturated carbocycles. The average Bonchev–Trinajstić information content (AvgIpc) is 2.96. The summed E-state index contributed by atoms with van der Waals surface area (Å²) in [6, 6.07) is 14.5. The van der Waals surface area contributed by atoms with Crippen LogP contribution in [0.5, 0.6) is 5.75 Å². The van der Waals surface area contributed by atoms with Crippen LogP contribution < -0.4 is 15.4 Å². The minimum atomic E-state index is -3.87. The summed E-state index contributed by atoms with van der Waals surface area (Å²) in [7, 11) is -2.42. The van der Waals surface area contributed by atoms with Gasteiger partial charge in [0.1, 0.15) is 17.7 Å². The fourth-order valence-electron chi connectivity index (χ4n) is 4.48. The number of rotatable bonds is 8. The highest BCUT2D eigenvalue weighted by atomic mass is 35.5. The molecule has 1 aliphatic rings. The number of fused-ring (bicyclic) bond motifs is 1. The second-order valence-electron chi connectivity index (χ2n) is 10.2. The molecule has 3 aromatic rings. The molecule has 0 aromatic heterocycles. The number of likely N-dealkylation sites (N-methyl/N-ethyl adjacent to an activating group) is 1. The van der Waals surface area contributed by atoms with Crippen LogP contribution in [-0.4, -0.2) is 73.6 Å². The minimum absolute atomic E-state index is 0.0266. The first kappa shape index (κ1) is 31.2. The highest BCUT2D eigenvalue weighted by Crippen LogP contribution is 2.31. The van der Waals surface area contributed by atoms with Crippen LogP contribution in [0.4, 0.5) is 20.6 Å². The molecule has 1 aliphatic heterocycles. The topological polar surface area (TPSA) is 128 Å². The number of aliphatic hydroxyl groups is 1. The van der Waals surface area contributed by atoms with Crippen molar-refractivity contribution in [2.75, 3.05) is 37.4 Å². The van der Waals surface area contributed by atoms with Crippen LogP contribution in [0, 0.1) is 11.7 Å². The van der Waals surface area contributed by atoms with Gasteiger partial charge in [0.15, 0.2) is 0 Å². The molecule has 0 unspecified atom stereocenters. The lowest BCUT2D eigenvalue weighted by atomic mass is 9.99. The summed E-state index contributed by atoms with van der Waals surface area (Å²) in [5.41, 5.74) is 0.793. The van der Waals surface area contributed by atoms with Gasteiger partial charge in [0.25, 0.3) is 5.91 Å². The molecule has 13 heteroatoms. The summed E-state index contributed by atoms with van der Waals surface area (Å²) in [6.45, 7) is 3.42. The number of nitrogens with zero attached hydrogens (tertiary/aromatic N) is 2. The van der Waals surface area contributed by atoms with Gasteiger partial charge in [0.05, 0.1) is 29.7 Å². The van der Waals surface area contributed by atoms with Gasteiger partial charge in [0.2, 0.25) is 10.0 Å². The molecule has 3 N–H and O–H groups in total. The van der Waals surface area contributed by atoms with Crippen LogP contribution in [0.25, 0.3) is 0 Å². The van der Waals surface area contributed by atoms with E-state index in [1.165, 1.54) is 76.9 Å². The van der Waals surface area contributed by atoms with Gasteiger partial charge in [-0.1, -0.05) is 18.5 Å². The number of amides is 3. The van der Waals surface area contributed by atoms with Gasteiger partial charge in [-0.05, 0) is 73.7 Å². The van der Waals surface area contributed by atoms with Crippen molar-refractivity contribution in [2.45, 2.75) is 30.9 Å². The highest BCUT2D eigenvalue weighted by Gasteiger charge is 2.35. The molecule has 3 atom stereocenters. The summed E-state index contributed by atoms with van der Waals surface area (Å²) in [5, 5.41) is 15.5. The van der Waals surface area contributed by atoms with E-state index in [1.54, 1.807) is 13.0 Å².